The Labute approximate surface area is 161 Å². The molecule has 0 atom stereocenters. The second kappa shape index (κ2) is 7.65. The number of rotatable bonds is 2. The topological polar surface area (TPSA) is 0 Å². The van der Waals surface area contributed by atoms with Crippen molar-refractivity contribution in [1.29, 1.82) is 0 Å². The summed E-state index contributed by atoms with van der Waals surface area (Å²) in [6.45, 7) is 9.15. The summed E-state index contributed by atoms with van der Waals surface area (Å²) < 4.78 is 1.59. The van der Waals surface area contributed by atoms with E-state index in [9.17, 15) is 0 Å². The number of halogens is 2. The summed E-state index contributed by atoms with van der Waals surface area (Å²) in [5, 5.41) is 0. The van der Waals surface area contributed by atoms with E-state index in [1.807, 2.05) is 0 Å². The third kappa shape index (κ3) is 3.38. The SMILES string of the molecule is CC(C)c1ccc2c(c1)Cc1c-2ccc(C(C)C)[c]1[Zr+2].[Cl-].[Cl-]. The van der Waals surface area contributed by atoms with Crippen LogP contribution in [0.25, 0.3) is 11.1 Å². The van der Waals surface area contributed by atoms with Crippen molar-refractivity contribution in [1.82, 2.24) is 0 Å². The quantitative estimate of drug-likeness (QED) is 0.491. The molecule has 0 amide bonds. The minimum atomic E-state index is 0. The molecule has 115 valence electrons. The number of benzene rings is 2. The van der Waals surface area contributed by atoms with Crippen molar-refractivity contribution in [2.75, 3.05) is 0 Å². The summed E-state index contributed by atoms with van der Waals surface area (Å²) in [6.07, 6.45) is 1.13. The van der Waals surface area contributed by atoms with E-state index < -0.39 is 0 Å². The van der Waals surface area contributed by atoms with Crippen LogP contribution in [0.3, 0.4) is 0 Å². The van der Waals surface area contributed by atoms with E-state index in [-0.39, 0.29) is 24.8 Å². The predicted molar refractivity (Wildman–Crippen MR) is 82.5 cm³/mol. The van der Waals surface area contributed by atoms with Crippen molar-refractivity contribution >= 4 is 3.27 Å². The second-order valence-electron chi connectivity index (χ2n) is 6.46. The van der Waals surface area contributed by atoms with Gasteiger partial charge in [0.05, 0.1) is 0 Å². The molecule has 0 aliphatic heterocycles. The molecule has 22 heavy (non-hydrogen) atoms. The van der Waals surface area contributed by atoms with Gasteiger partial charge in [0.2, 0.25) is 0 Å². The Hall–Kier alpha value is -0.0969. The van der Waals surface area contributed by atoms with Crippen LogP contribution in [0.5, 0.6) is 0 Å². The molecule has 0 unspecified atom stereocenters. The average molecular weight is 412 g/mol. The first-order valence-electron chi connectivity index (χ1n) is 7.49. The molecule has 0 heterocycles. The van der Waals surface area contributed by atoms with Crippen molar-refractivity contribution in [3.05, 3.63) is 52.6 Å². The van der Waals surface area contributed by atoms with E-state index in [1.165, 1.54) is 22.3 Å². The van der Waals surface area contributed by atoms with Crippen molar-refractivity contribution in [3.8, 4) is 11.1 Å². The molecule has 0 bridgehead atoms. The Balaban J connectivity index is 0.00000121. The molecule has 3 heteroatoms. The van der Waals surface area contributed by atoms with Gasteiger partial charge in [0, 0.05) is 0 Å². The molecule has 0 radical (unpaired) electrons. The Bertz CT molecular complexity index is 675. The van der Waals surface area contributed by atoms with Crippen LogP contribution < -0.4 is 28.1 Å². The smallest absolute Gasteiger partial charge is 1.00 e. The molecule has 0 spiro atoms. The van der Waals surface area contributed by atoms with Gasteiger partial charge in [-0.15, -0.1) is 0 Å². The van der Waals surface area contributed by atoms with E-state index >= 15 is 0 Å². The Morgan fingerprint density at radius 1 is 0.864 bits per heavy atom. The first kappa shape index (κ1) is 19.9. The van der Waals surface area contributed by atoms with Crippen LogP contribution in [0.1, 0.15) is 61.8 Å². The van der Waals surface area contributed by atoms with E-state index in [4.69, 9.17) is 0 Å². The van der Waals surface area contributed by atoms with Gasteiger partial charge in [0.15, 0.2) is 0 Å². The fourth-order valence-electron chi connectivity index (χ4n) is 3.16. The molecule has 2 aromatic carbocycles. The summed E-state index contributed by atoms with van der Waals surface area (Å²) in [5.41, 5.74) is 9.06. The Morgan fingerprint density at radius 2 is 1.50 bits per heavy atom. The summed E-state index contributed by atoms with van der Waals surface area (Å²) in [5.74, 6) is 1.24. The summed E-state index contributed by atoms with van der Waals surface area (Å²) in [6, 6.07) is 11.8. The fraction of sp³-hybridized carbons (Fsp3) is 0.368. The van der Waals surface area contributed by atoms with Gasteiger partial charge in [-0.05, 0) is 0 Å². The van der Waals surface area contributed by atoms with Crippen molar-refractivity contribution in [2.24, 2.45) is 0 Å². The fourth-order valence-corrected chi connectivity index (χ4v) is 4.62. The molecule has 0 saturated carbocycles. The van der Waals surface area contributed by atoms with Crippen LogP contribution in [0.2, 0.25) is 0 Å². The van der Waals surface area contributed by atoms with Crippen LogP contribution in [0.15, 0.2) is 30.3 Å². The predicted octanol–water partition coefficient (Wildman–Crippen LogP) is -1.32. The zero-order valence-electron chi connectivity index (χ0n) is 13.5. The summed E-state index contributed by atoms with van der Waals surface area (Å²) in [4.78, 5) is 0. The minimum absolute atomic E-state index is 0. The molecule has 1 aliphatic rings. The van der Waals surface area contributed by atoms with Gasteiger partial charge < -0.3 is 24.8 Å². The van der Waals surface area contributed by atoms with Crippen LogP contribution in [-0.2, 0) is 31.1 Å². The van der Waals surface area contributed by atoms with Crippen molar-refractivity contribution in [2.45, 2.75) is 46.0 Å². The second-order valence-corrected chi connectivity index (χ2v) is 7.69. The van der Waals surface area contributed by atoms with Crippen molar-refractivity contribution in [3.63, 3.8) is 0 Å². The molecule has 0 nitrogen and oxygen atoms in total. The van der Waals surface area contributed by atoms with E-state index in [0.717, 1.165) is 6.42 Å². The van der Waals surface area contributed by atoms with Gasteiger partial charge in [-0.1, -0.05) is 0 Å². The van der Waals surface area contributed by atoms with Gasteiger partial charge in [-0.25, -0.2) is 0 Å². The maximum Gasteiger partial charge on any atom is -1.00 e. The third-order valence-corrected chi connectivity index (χ3v) is 5.87. The van der Waals surface area contributed by atoms with Crippen LogP contribution in [0, 0.1) is 0 Å². The van der Waals surface area contributed by atoms with Crippen LogP contribution in [-0.4, -0.2) is 0 Å². The number of hydrogen-bond donors (Lipinski definition) is 0. The van der Waals surface area contributed by atoms with Crippen molar-refractivity contribution < 1.29 is 49.5 Å². The first-order valence-corrected chi connectivity index (χ1v) is 8.72. The zero-order valence-corrected chi connectivity index (χ0v) is 17.5. The van der Waals surface area contributed by atoms with Gasteiger partial charge in [-0.3, -0.25) is 0 Å². The molecule has 1 aliphatic carbocycles. The Kier molecular flexibility index (Phi) is 6.94. The monoisotopic (exact) mass is 409 g/mol. The van der Waals surface area contributed by atoms with Crippen LogP contribution in [0.4, 0.5) is 0 Å². The minimum Gasteiger partial charge on any atom is -1.00 e. The normalized spacial score (nSPS) is 11.8. The van der Waals surface area contributed by atoms with E-state index in [1.54, 1.807) is 39.1 Å². The maximum absolute atomic E-state index is 2.42. The summed E-state index contributed by atoms with van der Waals surface area (Å²) >= 11 is 1.55. The summed E-state index contributed by atoms with van der Waals surface area (Å²) in [7, 11) is 0. The zero-order chi connectivity index (χ0) is 14.4. The maximum atomic E-state index is 2.42. The Morgan fingerprint density at radius 3 is 2.09 bits per heavy atom. The molecule has 3 rings (SSSR count). The van der Waals surface area contributed by atoms with Gasteiger partial charge >= 0.3 is 138 Å². The molecule has 0 saturated heterocycles. The van der Waals surface area contributed by atoms with E-state index in [2.05, 4.69) is 58.0 Å². The molecular formula is C19H21Cl2Zr. The van der Waals surface area contributed by atoms with E-state index in [0.29, 0.717) is 11.8 Å². The standard InChI is InChI=1S/C19H21.2ClH.Zr/c1-12(2)14-5-7-18-16(9-14)11-17-10-15(13(3)4)6-8-19(17)18;;;/h5-9,12-13H,11H2,1-4H3;2*1H;/q;;;+2/p-2. The van der Waals surface area contributed by atoms with Gasteiger partial charge in [-0.2, -0.15) is 0 Å². The third-order valence-electron chi connectivity index (χ3n) is 4.42. The number of hydrogen-bond acceptors (Lipinski definition) is 0. The first-order chi connectivity index (χ1) is 9.49. The van der Waals surface area contributed by atoms with Gasteiger partial charge in [0.25, 0.3) is 0 Å². The molecule has 0 fully saturated rings. The molecule has 0 N–H and O–H groups in total. The van der Waals surface area contributed by atoms with Crippen LogP contribution >= 0.6 is 0 Å². The average Bonchev–Trinajstić information content (AvgIpc) is 2.77. The number of fused-ring (bicyclic) bond motifs is 3. The molecular weight excluding hydrogens is 390 g/mol. The largest absolute Gasteiger partial charge is 1.00 e. The van der Waals surface area contributed by atoms with Gasteiger partial charge in [0.1, 0.15) is 0 Å². The molecule has 2 aromatic rings. The molecule has 0 aromatic heterocycles.